The summed E-state index contributed by atoms with van der Waals surface area (Å²) in [5, 5.41) is 2.69. The average molecular weight is 332 g/mol. The van der Waals surface area contributed by atoms with Gasteiger partial charge in [-0.25, -0.2) is 0 Å². The lowest BCUT2D eigenvalue weighted by molar-refractivity contribution is -0.130. The van der Waals surface area contributed by atoms with E-state index in [-0.39, 0.29) is 11.0 Å². The van der Waals surface area contributed by atoms with Gasteiger partial charge in [-0.1, -0.05) is 18.2 Å². The Kier molecular flexibility index (Phi) is 5.57. The Morgan fingerprint density at radius 1 is 1.35 bits per heavy atom. The normalized spacial score (nSPS) is 18.9. The molecule has 0 saturated carbocycles. The molecular formula is C16H20N4O2S. The third-order valence-corrected chi connectivity index (χ3v) is 3.77. The van der Waals surface area contributed by atoms with Gasteiger partial charge in [0.05, 0.1) is 12.2 Å². The first-order chi connectivity index (χ1) is 10.9. The summed E-state index contributed by atoms with van der Waals surface area (Å²) in [6.45, 7) is 3.17. The molecule has 1 N–H and O–H groups in total. The van der Waals surface area contributed by atoms with Crippen LogP contribution in [0.3, 0.4) is 0 Å². The van der Waals surface area contributed by atoms with E-state index < -0.39 is 11.8 Å². The summed E-state index contributed by atoms with van der Waals surface area (Å²) in [4.78, 5) is 32.3. The lowest BCUT2D eigenvalue weighted by Gasteiger charge is -2.31. The van der Waals surface area contributed by atoms with Crippen molar-refractivity contribution in [2.24, 2.45) is 10.9 Å². The quantitative estimate of drug-likeness (QED) is 0.496. The number of hydrogen-bond donors (Lipinski definition) is 1. The molecule has 7 heteroatoms. The maximum absolute atomic E-state index is 12.7. The molecule has 122 valence electrons. The second-order valence-electron chi connectivity index (χ2n) is 5.59. The zero-order valence-corrected chi connectivity index (χ0v) is 14.3. The fourth-order valence-corrected chi connectivity index (χ4v) is 2.49. The standard InChI is InChI=1S/C16H20N4O2S/c1-11-6-4-5-7-13(11)20-15(22)12(14(21)18-16(20)23)10-17-8-9-19(2)3/h4-7,10,12H,8-9H2,1-3H3,(H,18,21,23)/t12-/m1/s1. The van der Waals surface area contributed by atoms with Crippen LogP contribution in [0.2, 0.25) is 0 Å². The van der Waals surface area contributed by atoms with E-state index in [1.54, 1.807) is 6.07 Å². The van der Waals surface area contributed by atoms with Gasteiger partial charge in [0.2, 0.25) is 5.91 Å². The van der Waals surface area contributed by atoms with E-state index in [9.17, 15) is 9.59 Å². The summed E-state index contributed by atoms with van der Waals surface area (Å²) in [5.74, 6) is -1.76. The molecule has 2 amide bonds. The van der Waals surface area contributed by atoms with Crippen molar-refractivity contribution in [1.29, 1.82) is 0 Å². The highest BCUT2D eigenvalue weighted by molar-refractivity contribution is 7.80. The van der Waals surface area contributed by atoms with Crippen LogP contribution in [0.4, 0.5) is 5.69 Å². The van der Waals surface area contributed by atoms with E-state index in [1.807, 2.05) is 44.1 Å². The topological polar surface area (TPSA) is 65.0 Å². The van der Waals surface area contributed by atoms with Crippen LogP contribution in [0.15, 0.2) is 29.3 Å². The highest BCUT2D eigenvalue weighted by atomic mass is 32.1. The van der Waals surface area contributed by atoms with E-state index in [0.29, 0.717) is 12.2 Å². The van der Waals surface area contributed by atoms with E-state index in [4.69, 9.17) is 12.2 Å². The summed E-state index contributed by atoms with van der Waals surface area (Å²) in [7, 11) is 3.87. The van der Waals surface area contributed by atoms with Crippen molar-refractivity contribution < 1.29 is 9.59 Å². The van der Waals surface area contributed by atoms with Crippen LogP contribution in [0.5, 0.6) is 0 Å². The number of para-hydroxylation sites is 1. The molecule has 0 bridgehead atoms. The average Bonchev–Trinajstić information content (AvgIpc) is 2.47. The summed E-state index contributed by atoms with van der Waals surface area (Å²) in [6.07, 6.45) is 1.41. The minimum absolute atomic E-state index is 0.104. The van der Waals surface area contributed by atoms with Crippen LogP contribution in [0, 0.1) is 12.8 Å². The molecule has 2 rings (SSSR count). The highest BCUT2D eigenvalue weighted by Gasteiger charge is 2.38. The molecule has 6 nitrogen and oxygen atoms in total. The maximum Gasteiger partial charge on any atom is 0.251 e. The van der Waals surface area contributed by atoms with Crippen molar-refractivity contribution in [1.82, 2.24) is 10.2 Å². The predicted octanol–water partition coefficient (Wildman–Crippen LogP) is 0.991. The van der Waals surface area contributed by atoms with Crippen molar-refractivity contribution in [2.75, 3.05) is 32.1 Å². The fourth-order valence-electron chi connectivity index (χ4n) is 2.20. The Balaban J connectivity index is 2.22. The Morgan fingerprint density at radius 2 is 2.04 bits per heavy atom. The number of nitrogens with zero attached hydrogens (tertiary/aromatic N) is 3. The molecule has 1 atom stereocenters. The zero-order valence-electron chi connectivity index (χ0n) is 13.4. The summed E-state index contributed by atoms with van der Waals surface area (Å²) in [6, 6.07) is 7.41. The Morgan fingerprint density at radius 3 is 2.70 bits per heavy atom. The Bertz CT molecular complexity index is 657. The van der Waals surface area contributed by atoms with Crippen LogP contribution in [-0.4, -0.2) is 55.2 Å². The number of amides is 2. The van der Waals surface area contributed by atoms with Gasteiger partial charge >= 0.3 is 0 Å². The van der Waals surface area contributed by atoms with Gasteiger partial charge in [-0.3, -0.25) is 19.5 Å². The fraction of sp³-hybridized carbons (Fsp3) is 0.375. The molecule has 0 radical (unpaired) electrons. The van der Waals surface area contributed by atoms with Crippen molar-refractivity contribution in [3.8, 4) is 0 Å². The van der Waals surface area contributed by atoms with Gasteiger partial charge in [0.25, 0.3) is 5.91 Å². The smallest absolute Gasteiger partial charge is 0.251 e. The molecule has 1 saturated heterocycles. The molecule has 0 aliphatic carbocycles. The molecule has 0 aromatic heterocycles. The number of aryl methyl sites for hydroxylation is 1. The van der Waals surface area contributed by atoms with E-state index in [2.05, 4.69) is 10.3 Å². The molecule has 1 aliphatic heterocycles. The summed E-state index contributed by atoms with van der Waals surface area (Å²) >= 11 is 5.17. The molecule has 0 unspecified atom stereocenters. The largest absolute Gasteiger partial charge is 0.308 e. The number of thiocarbonyl (C=S) groups is 1. The number of carbonyl (C=O) groups excluding carboxylic acids is 2. The van der Waals surface area contributed by atoms with E-state index >= 15 is 0 Å². The lowest BCUT2D eigenvalue weighted by Crippen LogP contribution is -2.58. The van der Waals surface area contributed by atoms with Crippen molar-refractivity contribution in [3.05, 3.63) is 29.8 Å². The monoisotopic (exact) mass is 332 g/mol. The lowest BCUT2D eigenvalue weighted by atomic mass is 10.0. The number of likely N-dealkylation sites (N-methyl/N-ethyl adjacent to an activating group) is 1. The van der Waals surface area contributed by atoms with Crippen LogP contribution >= 0.6 is 12.2 Å². The predicted molar refractivity (Wildman–Crippen MR) is 94.8 cm³/mol. The van der Waals surface area contributed by atoms with Gasteiger partial charge in [-0.15, -0.1) is 0 Å². The molecule has 1 aromatic rings. The zero-order chi connectivity index (χ0) is 17.0. The highest BCUT2D eigenvalue weighted by Crippen LogP contribution is 2.23. The van der Waals surface area contributed by atoms with Gasteiger partial charge in [0.15, 0.2) is 11.0 Å². The first-order valence-corrected chi connectivity index (χ1v) is 7.71. The van der Waals surface area contributed by atoms with Gasteiger partial charge in [-0.2, -0.15) is 0 Å². The number of hydrogen-bond acceptors (Lipinski definition) is 5. The molecule has 1 fully saturated rings. The van der Waals surface area contributed by atoms with Crippen LogP contribution in [-0.2, 0) is 9.59 Å². The van der Waals surface area contributed by atoms with Gasteiger partial charge in [0, 0.05) is 12.8 Å². The first kappa shape index (κ1) is 17.2. The van der Waals surface area contributed by atoms with Crippen LogP contribution in [0.1, 0.15) is 5.56 Å². The number of rotatable bonds is 5. The Labute approximate surface area is 141 Å². The van der Waals surface area contributed by atoms with Crippen LogP contribution in [0.25, 0.3) is 0 Å². The number of nitrogens with one attached hydrogen (secondary N) is 1. The third-order valence-electron chi connectivity index (χ3n) is 3.49. The number of carbonyl (C=O) groups is 2. The van der Waals surface area contributed by atoms with Gasteiger partial charge in [0.1, 0.15) is 0 Å². The second kappa shape index (κ2) is 7.43. The molecule has 1 heterocycles. The SMILES string of the molecule is Cc1ccccc1N1C(=O)[C@H](C=NCCN(C)C)C(=O)NC1=S. The molecule has 1 aliphatic rings. The van der Waals surface area contributed by atoms with Crippen molar-refractivity contribution in [2.45, 2.75) is 6.92 Å². The van der Waals surface area contributed by atoms with Gasteiger partial charge in [-0.05, 0) is 44.9 Å². The molecule has 23 heavy (non-hydrogen) atoms. The number of anilines is 1. The Hall–Kier alpha value is -2.12. The van der Waals surface area contributed by atoms with E-state index in [1.165, 1.54) is 11.1 Å². The minimum atomic E-state index is -0.955. The van der Waals surface area contributed by atoms with E-state index in [0.717, 1.165) is 12.1 Å². The second-order valence-corrected chi connectivity index (χ2v) is 5.98. The number of benzene rings is 1. The third kappa shape index (κ3) is 4.00. The number of aliphatic imine (C=N–C) groups is 1. The first-order valence-electron chi connectivity index (χ1n) is 7.31. The molecule has 1 aromatic carbocycles. The van der Waals surface area contributed by atoms with Crippen molar-refractivity contribution in [3.63, 3.8) is 0 Å². The molecule has 0 spiro atoms. The molecular weight excluding hydrogens is 312 g/mol. The summed E-state index contributed by atoms with van der Waals surface area (Å²) in [5.41, 5.74) is 1.58. The summed E-state index contributed by atoms with van der Waals surface area (Å²) < 4.78 is 0. The minimum Gasteiger partial charge on any atom is -0.308 e. The maximum atomic E-state index is 12.7. The van der Waals surface area contributed by atoms with Crippen molar-refractivity contribution >= 4 is 41.0 Å². The van der Waals surface area contributed by atoms with Gasteiger partial charge < -0.3 is 10.2 Å². The van der Waals surface area contributed by atoms with Crippen LogP contribution < -0.4 is 10.2 Å².